The van der Waals surface area contributed by atoms with Gasteiger partial charge in [0.15, 0.2) is 17.5 Å². The van der Waals surface area contributed by atoms with Crippen LogP contribution in [0.15, 0.2) is 186 Å². The molecule has 11 aromatic rings. The Balaban J connectivity index is 1.25. The maximum Gasteiger partial charge on any atom is 0.170 e. The van der Waals surface area contributed by atoms with Crippen LogP contribution >= 0.6 is 0 Å². The van der Waals surface area contributed by atoms with E-state index in [-0.39, 0.29) is 0 Å². The van der Waals surface area contributed by atoms with Crippen molar-refractivity contribution in [3.05, 3.63) is 182 Å². The summed E-state index contributed by atoms with van der Waals surface area (Å²) in [5.41, 5.74) is 9.49. The molecule has 3 heterocycles. The van der Waals surface area contributed by atoms with E-state index in [0.717, 1.165) is 66.5 Å². The second-order valence-corrected chi connectivity index (χ2v) is 13.6. The smallest absolute Gasteiger partial charge is 0.170 e. The summed E-state index contributed by atoms with van der Waals surface area (Å²) in [6, 6.07) is 63.3. The molecular weight excluding hydrogens is 661 g/mol. The van der Waals surface area contributed by atoms with Gasteiger partial charge < -0.3 is 8.98 Å². The third-order valence-corrected chi connectivity index (χ3v) is 10.4. The molecule has 0 unspecified atom stereocenters. The zero-order valence-corrected chi connectivity index (χ0v) is 29.0. The highest BCUT2D eigenvalue weighted by Gasteiger charge is 2.24. The third kappa shape index (κ3) is 4.83. The number of para-hydroxylation sites is 2. The van der Waals surface area contributed by atoms with Crippen molar-refractivity contribution in [1.82, 2.24) is 19.5 Å². The van der Waals surface area contributed by atoms with Crippen LogP contribution in [0.1, 0.15) is 0 Å². The molecule has 0 radical (unpaired) electrons. The summed E-state index contributed by atoms with van der Waals surface area (Å²) in [7, 11) is 0. The molecule has 0 bridgehead atoms. The predicted molar refractivity (Wildman–Crippen MR) is 221 cm³/mol. The summed E-state index contributed by atoms with van der Waals surface area (Å²) in [6.45, 7) is 0. The largest absolute Gasteiger partial charge is 0.455 e. The highest BCUT2D eigenvalue weighted by molar-refractivity contribution is 6.16. The fourth-order valence-electron chi connectivity index (χ4n) is 7.90. The maximum atomic E-state index is 6.83. The maximum absolute atomic E-state index is 6.83. The SMILES string of the molecule is c1ccc(-c2cccc(-c3nc(-c4ccccc4)nc(-c4c(-n5c6ccccc6c6cc7ccccc7cc65)ccc5c4oc4ccccc45)n3)c2)cc1. The van der Waals surface area contributed by atoms with Crippen LogP contribution in [0.2, 0.25) is 0 Å². The van der Waals surface area contributed by atoms with Crippen LogP contribution in [0, 0.1) is 0 Å². The van der Waals surface area contributed by atoms with E-state index in [1.54, 1.807) is 0 Å². The van der Waals surface area contributed by atoms with Gasteiger partial charge in [0.25, 0.3) is 0 Å². The topological polar surface area (TPSA) is 56.7 Å². The number of aromatic nitrogens is 4. The molecule has 252 valence electrons. The summed E-state index contributed by atoms with van der Waals surface area (Å²) in [6.07, 6.45) is 0. The van der Waals surface area contributed by atoms with Crippen LogP contribution in [-0.4, -0.2) is 19.5 Å². The highest BCUT2D eigenvalue weighted by atomic mass is 16.3. The lowest BCUT2D eigenvalue weighted by atomic mass is 10.0. The van der Waals surface area contributed by atoms with E-state index in [2.05, 4.69) is 138 Å². The van der Waals surface area contributed by atoms with E-state index in [1.807, 2.05) is 48.5 Å². The Labute approximate surface area is 310 Å². The molecule has 11 rings (SSSR count). The van der Waals surface area contributed by atoms with Crippen molar-refractivity contribution >= 4 is 54.5 Å². The van der Waals surface area contributed by atoms with Gasteiger partial charge >= 0.3 is 0 Å². The molecule has 0 amide bonds. The number of nitrogens with zero attached hydrogens (tertiary/aromatic N) is 4. The monoisotopic (exact) mass is 690 g/mol. The molecule has 0 N–H and O–H groups in total. The van der Waals surface area contributed by atoms with Gasteiger partial charge in [-0.25, -0.2) is 15.0 Å². The number of hydrogen-bond donors (Lipinski definition) is 0. The Morgan fingerprint density at radius 1 is 0.370 bits per heavy atom. The Morgan fingerprint density at radius 2 is 0.981 bits per heavy atom. The van der Waals surface area contributed by atoms with Gasteiger partial charge in [0.05, 0.1) is 22.3 Å². The molecule has 0 atom stereocenters. The van der Waals surface area contributed by atoms with Gasteiger partial charge in [0, 0.05) is 32.7 Å². The number of fused-ring (bicyclic) bond motifs is 7. The molecule has 8 aromatic carbocycles. The minimum absolute atomic E-state index is 0.537. The Hall–Kier alpha value is -7.37. The van der Waals surface area contributed by atoms with Crippen LogP contribution in [-0.2, 0) is 0 Å². The Morgan fingerprint density at radius 3 is 1.80 bits per heavy atom. The van der Waals surface area contributed by atoms with Gasteiger partial charge in [-0.3, -0.25) is 0 Å². The van der Waals surface area contributed by atoms with E-state index < -0.39 is 0 Å². The van der Waals surface area contributed by atoms with E-state index in [9.17, 15) is 0 Å². The van der Waals surface area contributed by atoms with Gasteiger partial charge in [-0.2, -0.15) is 0 Å². The first-order valence-electron chi connectivity index (χ1n) is 18.1. The van der Waals surface area contributed by atoms with E-state index in [4.69, 9.17) is 19.4 Å². The molecule has 3 aromatic heterocycles. The fourth-order valence-corrected chi connectivity index (χ4v) is 7.90. The van der Waals surface area contributed by atoms with Crippen molar-refractivity contribution in [2.75, 3.05) is 0 Å². The number of rotatable bonds is 5. The summed E-state index contributed by atoms with van der Waals surface area (Å²) in [4.78, 5) is 15.7. The quantitative estimate of drug-likeness (QED) is 0.180. The average Bonchev–Trinajstić information content (AvgIpc) is 3.78. The lowest BCUT2D eigenvalue weighted by Crippen LogP contribution is -2.04. The molecule has 0 saturated heterocycles. The van der Waals surface area contributed by atoms with Crippen LogP contribution in [0.3, 0.4) is 0 Å². The molecule has 0 saturated carbocycles. The normalized spacial score (nSPS) is 11.7. The lowest BCUT2D eigenvalue weighted by Gasteiger charge is -2.15. The zero-order valence-electron chi connectivity index (χ0n) is 29.0. The Kier molecular flexibility index (Phi) is 6.79. The first-order chi connectivity index (χ1) is 26.8. The molecule has 0 aliphatic heterocycles. The van der Waals surface area contributed by atoms with Crippen molar-refractivity contribution < 1.29 is 4.42 Å². The van der Waals surface area contributed by atoms with Gasteiger partial charge in [0.2, 0.25) is 0 Å². The molecular formula is C49H30N4O. The standard InChI is InChI=1S/C49H30N4O/c1-3-14-31(15-4-1)33-20-13-21-36(28-33)48-50-47(32-16-5-2-6-17-32)51-49(52-48)45-42(27-26-39-38-23-10-12-25-44(38)54-46(39)45)53-41-24-11-9-22-37(41)40-29-34-18-7-8-19-35(34)30-43(40)53/h1-30H. The highest BCUT2D eigenvalue weighted by Crippen LogP contribution is 2.43. The Bertz CT molecular complexity index is 3220. The molecule has 0 aliphatic rings. The van der Waals surface area contributed by atoms with Crippen molar-refractivity contribution in [2.24, 2.45) is 0 Å². The molecule has 54 heavy (non-hydrogen) atoms. The van der Waals surface area contributed by atoms with E-state index in [1.165, 1.54) is 21.5 Å². The van der Waals surface area contributed by atoms with Crippen LogP contribution in [0.4, 0.5) is 0 Å². The van der Waals surface area contributed by atoms with Crippen molar-refractivity contribution in [2.45, 2.75) is 0 Å². The van der Waals surface area contributed by atoms with Crippen LogP contribution in [0.25, 0.3) is 105 Å². The van der Waals surface area contributed by atoms with Gasteiger partial charge in [-0.1, -0.05) is 140 Å². The predicted octanol–water partition coefficient (Wildman–Crippen LogP) is 12.7. The molecule has 5 heteroatoms. The van der Waals surface area contributed by atoms with Crippen LogP contribution < -0.4 is 0 Å². The third-order valence-electron chi connectivity index (χ3n) is 10.4. The number of hydrogen-bond acceptors (Lipinski definition) is 4. The van der Waals surface area contributed by atoms with Crippen LogP contribution in [0.5, 0.6) is 0 Å². The van der Waals surface area contributed by atoms with Gasteiger partial charge in [-0.05, 0) is 64.4 Å². The van der Waals surface area contributed by atoms with Crippen molar-refractivity contribution in [3.63, 3.8) is 0 Å². The first-order valence-corrected chi connectivity index (χ1v) is 18.1. The van der Waals surface area contributed by atoms with Crippen molar-refractivity contribution in [1.29, 1.82) is 0 Å². The van der Waals surface area contributed by atoms with E-state index >= 15 is 0 Å². The second-order valence-electron chi connectivity index (χ2n) is 13.6. The molecule has 0 fully saturated rings. The minimum Gasteiger partial charge on any atom is -0.455 e. The second kappa shape index (κ2) is 12.1. The number of benzene rings is 8. The fraction of sp³-hybridized carbons (Fsp3) is 0. The summed E-state index contributed by atoms with van der Waals surface area (Å²) in [5.74, 6) is 1.72. The minimum atomic E-state index is 0.537. The zero-order chi connectivity index (χ0) is 35.6. The molecule has 5 nitrogen and oxygen atoms in total. The molecule has 0 spiro atoms. The number of furan rings is 1. The summed E-state index contributed by atoms with van der Waals surface area (Å²) in [5, 5.41) is 6.78. The summed E-state index contributed by atoms with van der Waals surface area (Å²) < 4.78 is 9.17. The average molecular weight is 691 g/mol. The van der Waals surface area contributed by atoms with Gasteiger partial charge in [0.1, 0.15) is 11.2 Å². The van der Waals surface area contributed by atoms with Crippen molar-refractivity contribution in [3.8, 4) is 51.0 Å². The summed E-state index contributed by atoms with van der Waals surface area (Å²) >= 11 is 0. The first kappa shape index (κ1) is 30.3. The molecule has 0 aliphatic carbocycles. The lowest BCUT2D eigenvalue weighted by molar-refractivity contribution is 0.669. The van der Waals surface area contributed by atoms with Gasteiger partial charge in [-0.15, -0.1) is 0 Å². The van der Waals surface area contributed by atoms with E-state index in [0.29, 0.717) is 17.5 Å².